The molecule has 0 spiro atoms. The van der Waals surface area contributed by atoms with Crippen LogP contribution in [-0.2, 0) is 0 Å². The van der Waals surface area contributed by atoms with Gasteiger partial charge in [0, 0.05) is 12.1 Å². The lowest BCUT2D eigenvalue weighted by molar-refractivity contribution is -0.384. The lowest BCUT2D eigenvalue weighted by atomic mass is 10.1. The zero-order valence-electron chi connectivity index (χ0n) is 8.93. The zero-order valence-corrected chi connectivity index (χ0v) is 8.93. The molecule has 0 aliphatic carbocycles. The first-order valence-corrected chi connectivity index (χ1v) is 4.70. The number of hydrogen-bond acceptors (Lipinski definition) is 4. The van der Waals surface area contributed by atoms with E-state index in [1.54, 1.807) is 13.8 Å². The molecule has 1 aromatic rings. The van der Waals surface area contributed by atoms with Gasteiger partial charge < -0.3 is 10.4 Å². The van der Waals surface area contributed by atoms with E-state index in [2.05, 4.69) is 5.32 Å². The first-order valence-electron chi connectivity index (χ1n) is 4.70. The van der Waals surface area contributed by atoms with Gasteiger partial charge in [0.05, 0.1) is 10.5 Å². The average molecular weight is 224 g/mol. The number of hydrogen-bond donors (Lipinski definition) is 2. The molecular weight excluding hydrogens is 212 g/mol. The third-order valence-corrected chi connectivity index (χ3v) is 1.90. The number of anilines is 1. The summed E-state index contributed by atoms with van der Waals surface area (Å²) < 4.78 is 0. The van der Waals surface area contributed by atoms with Crippen molar-refractivity contribution in [3.63, 3.8) is 0 Å². The van der Waals surface area contributed by atoms with Gasteiger partial charge >= 0.3 is 5.97 Å². The third kappa shape index (κ3) is 2.47. The van der Waals surface area contributed by atoms with Crippen molar-refractivity contribution in [1.82, 2.24) is 0 Å². The number of benzene rings is 1. The SMILES string of the molecule is CC(C)Nc1c(C(=O)O)cccc1[N+](=O)[O-]. The number of carboxylic acids is 1. The predicted molar refractivity (Wildman–Crippen MR) is 58.8 cm³/mol. The molecule has 0 bridgehead atoms. The van der Waals surface area contributed by atoms with Gasteiger partial charge in [0.1, 0.15) is 5.69 Å². The Bertz CT molecular complexity index is 397. The molecule has 0 unspecified atom stereocenters. The fourth-order valence-corrected chi connectivity index (χ4v) is 1.31. The maximum Gasteiger partial charge on any atom is 0.338 e. The Hall–Kier alpha value is -2.11. The minimum atomic E-state index is -1.19. The number of carboxylic acid groups (broad SMARTS) is 1. The van der Waals surface area contributed by atoms with Crippen molar-refractivity contribution >= 4 is 17.3 Å². The second-order valence-electron chi connectivity index (χ2n) is 3.56. The normalized spacial score (nSPS) is 10.2. The van der Waals surface area contributed by atoms with Crippen LogP contribution in [0.4, 0.5) is 11.4 Å². The molecule has 0 amide bonds. The molecular formula is C10H12N2O4. The molecule has 0 aliphatic rings. The van der Waals surface area contributed by atoms with Crippen LogP contribution in [-0.4, -0.2) is 22.0 Å². The smallest absolute Gasteiger partial charge is 0.338 e. The summed E-state index contributed by atoms with van der Waals surface area (Å²) in [5, 5.41) is 22.5. The second kappa shape index (κ2) is 4.61. The van der Waals surface area contributed by atoms with E-state index in [0.29, 0.717) is 0 Å². The van der Waals surface area contributed by atoms with E-state index in [-0.39, 0.29) is 23.0 Å². The van der Waals surface area contributed by atoms with E-state index in [4.69, 9.17) is 5.11 Å². The Labute approximate surface area is 92.0 Å². The highest BCUT2D eigenvalue weighted by atomic mass is 16.6. The van der Waals surface area contributed by atoms with Crippen molar-refractivity contribution in [3.8, 4) is 0 Å². The zero-order chi connectivity index (χ0) is 12.3. The Balaban J connectivity index is 3.34. The highest BCUT2D eigenvalue weighted by Gasteiger charge is 2.21. The molecule has 2 N–H and O–H groups in total. The maximum atomic E-state index is 10.9. The van der Waals surface area contributed by atoms with Gasteiger partial charge in [0.2, 0.25) is 0 Å². The minimum Gasteiger partial charge on any atom is -0.478 e. The van der Waals surface area contributed by atoms with Gasteiger partial charge in [-0.25, -0.2) is 4.79 Å². The fourth-order valence-electron chi connectivity index (χ4n) is 1.31. The maximum absolute atomic E-state index is 10.9. The van der Waals surface area contributed by atoms with Crippen molar-refractivity contribution in [3.05, 3.63) is 33.9 Å². The molecule has 0 saturated heterocycles. The highest BCUT2D eigenvalue weighted by Crippen LogP contribution is 2.28. The molecule has 0 radical (unpaired) electrons. The summed E-state index contributed by atoms with van der Waals surface area (Å²) in [5.41, 5.74) is -0.272. The van der Waals surface area contributed by atoms with Crippen LogP contribution in [0.1, 0.15) is 24.2 Å². The lowest BCUT2D eigenvalue weighted by Gasteiger charge is -2.12. The number of para-hydroxylation sites is 1. The standard InChI is InChI=1S/C10H12N2O4/c1-6(2)11-9-7(10(13)14)4-3-5-8(9)12(15)16/h3-6,11H,1-2H3,(H,13,14). The van der Waals surface area contributed by atoms with Crippen molar-refractivity contribution in [2.24, 2.45) is 0 Å². The van der Waals surface area contributed by atoms with Crippen LogP contribution in [0.3, 0.4) is 0 Å². The van der Waals surface area contributed by atoms with Gasteiger partial charge in [0.15, 0.2) is 0 Å². The number of rotatable bonds is 4. The molecule has 16 heavy (non-hydrogen) atoms. The number of nitrogens with zero attached hydrogens (tertiary/aromatic N) is 1. The lowest BCUT2D eigenvalue weighted by Crippen LogP contribution is -2.15. The van der Waals surface area contributed by atoms with Gasteiger partial charge in [-0.1, -0.05) is 6.07 Å². The highest BCUT2D eigenvalue weighted by molar-refractivity contribution is 5.96. The summed E-state index contributed by atoms with van der Waals surface area (Å²) in [5.74, 6) is -1.19. The van der Waals surface area contributed by atoms with Crippen molar-refractivity contribution in [1.29, 1.82) is 0 Å². The quantitative estimate of drug-likeness (QED) is 0.603. The average Bonchev–Trinajstić information content (AvgIpc) is 2.16. The minimum absolute atomic E-state index is 0.0509. The van der Waals surface area contributed by atoms with Crippen LogP contribution in [0.2, 0.25) is 0 Å². The van der Waals surface area contributed by atoms with Gasteiger partial charge in [-0.15, -0.1) is 0 Å². The molecule has 0 heterocycles. The summed E-state index contributed by atoms with van der Waals surface area (Å²) in [6.07, 6.45) is 0. The Morgan fingerprint density at radius 3 is 2.56 bits per heavy atom. The topological polar surface area (TPSA) is 92.5 Å². The van der Waals surface area contributed by atoms with E-state index in [1.807, 2.05) is 0 Å². The molecule has 86 valence electrons. The molecule has 0 aromatic heterocycles. The summed E-state index contributed by atoms with van der Waals surface area (Å²) in [4.78, 5) is 21.1. The molecule has 0 fully saturated rings. The van der Waals surface area contributed by atoms with Crippen molar-refractivity contribution < 1.29 is 14.8 Å². The summed E-state index contributed by atoms with van der Waals surface area (Å²) in [7, 11) is 0. The second-order valence-corrected chi connectivity index (χ2v) is 3.56. The van der Waals surface area contributed by atoms with Gasteiger partial charge in [0.25, 0.3) is 5.69 Å². The number of nitro groups is 1. The number of nitrogens with one attached hydrogen (secondary N) is 1. The summed E-state index contributed by atoms with van der Waals surface area (Å²) in [6, 6.07) is 3.88. The monoisotopic (exact) mass is 224 g/mol. The number of carbonyl (C=O) groups is 1. The first-order chi connectivity index (χ1) is 7.43. The van der Waals surface area contributed by atoms with Crippen LogP contribution in [0.15, 0.2) is 18.2 Å². The van der Waals surface area contributed by atoms with Crippen LogP contribution in [0.5, 0.6) is 0 Å². The van der Waals surface area contributed by atoms with Crippen molar-refractivity contribution in [2.75, 3.05) is 5.32 Å². The van der Waals surface area contributed by atoms with E-state index in [0.717, 1.165) is 0 Å². The molecule has 6 nitrogen and oxygen atoms in total. The van der Waals surface area contributed by atoms with E-state index >= 15 is 0 Å². The van der Waals surface area contributed by atoms with Gasteiger partial charge in [-0.05, 0) is 19.9 Å². The number of aromatic carboxylic acids is 1. The molecule has 1 rings (SSSR count). The molecule has 0 aliphatic heterocycles. The molecule has 0 atom stereocenters. The largest absolute Gasteiger partial charge is 0.478 e. The molecule has 6 heteroatoms. The third-order valence-electron chi connectivity index (χ3n) is 1.90. The van der Waals surface area contributed by atoms with E-state index in [1.165, 1.54) is 18.2 Å². The Kier molecular flexibility index (Phi) is 3.44. The summed E-state index contributed by atoms with van der Waals surface area (Å²) >= 11 is 0. The van der Waals surface area contributed by atoms with Gasteiger partial charge in [-0.2, -0.15) is 0 Å². The first kappa shape index (κ1) is 12.0. The van der Waals surface area contributed by atoms with Crippen LogP contribution >= 0.6 is 0 Å². The van der Waals surface area contributed by atoms with Crippen LogP contribution in [0.25, 0.3) is 0 Å². The molecule has 1 aromatic carbocycles. The van der Waals surface area contributed by atoms with Crippen LogP contribution < -0.4 is 5.32 Å². The van der Waals surface area contributed by atoms with Crippen molar-refractivity contribution in [2.45, 2.75) is 19.9 Å². The predicted octanol–water partition coefficient (Wildman–Crippen LogP) is 2.11. The Morgan fingerprint density at radius 2 is 2.12 bits per heavy atom. The summed E-state index contributed by atoms with van der Waals surface area (Å²) in [6.45, 7) is 3.56. The Morgan fingerprint density at radius 1 is 1.50 bits per heavy atom. The molecule has 0 saturated carbocycles. The van der Waals surface area contributed by atoms with Gasteiger partial charge in [-0.3, -0.25) is 10.1 Å². The van der Waals surface area contributed by atoms with E-state index in [9.17, 15) is 14.9 Å². The fraction of sp³-hybridized carbons (Fsp3) is 0.300. The van der Waals surface area contributed by atoms with E-state index < -0.39 is 10.9 Å². The number of nitro benzene ring substituents is 1. The van der Waals surface area contributed by atoms with Crippen LogP contribution in [0, 0.1) is 10.1 Å².